The van der Waals surface area contributed by atoms with E-state index >= 15 is 0 Å². The third kappa shape index (κ3) is 9.36. The van der Waals surface area contributed by atoms with Crippen molar-refractivity contribution in [2.45, 2.75) is 114 Å². The minimum atomic E-state index is -1.51. The number of amides is 3. The van der Waals surface area contributed by atoms with Gasteiger partial charge in [0.25, 0.3) is 11.8 Å². The number of aliphatic hydroxyl groups excluding tert-OH is 5. The number of rotatable bonds is 14. The van der Waals surface area contributed by atoms with E-state index < -0.39 is 67.0 Å². The second-order valence-corrected chi connectivity index (χ2v) is 10.7. The summed E-state index contributed by atoms with van der Waals surface area (Å²) in [6.45, 7) is 3.16. The van der Waals surface area contributed by atoms with Crippen molar-refractivity contribution in [2.24, 2.45) is 0 Å². The van der Waals surface area contributed by atoms with Crippen LogP contribution in [0.15, 0.2) is 0 Å². The minimum Gasteiger partial charge on any atom is -0.390 e. The summed E-state index contributed by atoms with van der Waals surface area (Å²) >= 11 is 0. The van der Waals surface area contributed by atoms with E-state index in [2.05, 4.69) is 0 Å². The normalized spacial score (nSPS) is 33.6. The van der Waals surface area contributed by atoms with Crippen molar-refractivity contribution in [1.82, 2.24) is 9.96 Å². The quantitative estimate of drug-likeness (QED) is 0.104. The number of imide groups is 1. The largest absolute Gasteiger partial charge is 0.390 e. The summed E-state index contributed by atoms with van der Waals surface area (Å²) in [6, 6.07) is 0. The molecule has 3 fully saturated rings. The van der Waals surface area contributed by atoms with Gasteiger partial charge in [-0.05, 0) is 26.7 Å². The maximum absolute atomic E-state index is 13.0. The molecule has 0 aromatic heterocycles. The standard InChI is InChI=1S/C26H42N2O14/c1-14-13-16(29)22(35)25(40-14)38-11-9-27(10-12-39-26-24(37)23(36)21(34)15(2)41-26)17(30)5-3-4-6-20(33)42-28-18(31)7-8-19(28)32/h14-16,21-26,29,34-37H,3-13H2,1-2H3/t14-,15-,16+,21+,22-,23+,24-,25+,26+/m0/s1. The van der Waals surface area contributed by atoms with Gasteiger partial charge in [0, 0.05) is 45.2 Å². The Balaban J connectivity index is 1.48. The molecular weight excluding hydrogens is 564 g/mol. The number of hydrogen-bond donors (Lipinski definition) is 5. The van der Waals surface area contributed by atoms with Crippen LogP contribution in [0, 0.1) is 0 Å². The SMILES string of the molecule is C[C@@H]1O[C@@H](OCCN(CCO[C@@H]2O[C@@H](C)C[C@@H](O)[C@@H]2O)C(=O)CCCCC(=O)ON2C(=O)CCC2=O)[C@@H](O)[C@H](O)[C@@H]1O. The summed E-state index contributed by atoms with van der Waals surface area (Å²) in [5.41, 5.74) is 0. The molecule has 0 radical (unpaired) electrons. The van der Waals surface area contributed by atoms with Gasteiger partial charge in [-0.15, -0.1) is 5.06 Å². The third-order valence-electron chi connectivity index (χ3n) is 7.28. The lowest BCUT2D eigenvalue weighted by molar-refractivity contribution is -0.293. The number of nitrogens with zero attached hydrogens (tertiary/aromatic N) is 2. The predicted octanol–water partition coefficient (Wildman–Crippen LogP) is -2.30. The van der Waals surface area contributed by atoms with Gasteiger partial charge in [-0.2, -0.15) is 0 Å². The molecule has 3 saturated heterocycles. The maximum Gasteiger partial charge on any atom is 0.333 e. The molecular formula is C26H42N2O14. The summed E-state index contributed by atoms with van der Waals surface area (Å²) in [6.07, 6.45) is -9.33. The fraction of sp³-hybridized carbons (Fsp3) is 0.846. The van der Waals surface area contributed by atoms with Crippen LogP contribution >= 0.6 is 0 Å². The van der Waals surface area contributed by atoms with Crippen LogP contribution in [-0.4, -0.2) is 141 Å². The van der Waals surface area contributed by atoms with E-state index in [0.717, 1.165) is 0 Å². The monoisotopic (exact) mass is 606 g/mol. The lowest BCUT2D eigenvalue weighted by atomic mass is 10.0. The summed E-state index contributed by atoms with van der Waals surface area (Å²) in [5.74, 6) is -2.25. The molecule has 0 spiro atoms. The fourth-order valence-corrected chi connectivity index (χ4v) is 4.74. The van der Waals surface area contributed by atoms with E-state index in [9.17, 15) is 44.7 Å². The zero-order chi connectivity index (χ0) is 31.0. The minimum absolute atomic E-state index is 0.0112. The molecule has 0 aromatic rings. The molecule has 0 aliphatic carbocycles. The van der Waals surface area contributed by atoms with Gasteiger partial charge in [-0.1, -0.05) is 0 Å². The number of aliphatic hydroxyl groups is 5. The van der Waals surface area contributed by atoms with E-state index in [-0.39, 0.29) is 83.3 Å². The Morgan fingerprint density at radius 2 is 1.40 bits per heavy atom. The third-order valence-corrected chi connectivity index (χ3v) is 7.28. The van der Waals surface area contributed by atoms with Gasteiger partial charge >= 0.3 is 5.97 Å². The Hall–Kier alpha value is -2.28. The molecule has 0 unspecified atom stereocenters. The van der Waals surface area contributed by atoms with Crippen LogP contribution in [0.4, 0.5) is 0 Å². The first-order valence-corrected chi connectivity index (χ1v) is 14.2. The first-order chi connectivity index (χ1) is 19.9. The number of carbonyl (C=O) groups is 4. The highest BCUT2D eigenvalue weighted by Gasteiger charge is 2.42. The number of ether oxygens (including phenoxy) is 4. The first kappa shape index (κ1) is 34.2. The Kier molecular flexibility index (Phi) is 13.0. The maximum atomic E-state index is 13.0. The average Bonchev–Trinajstić information content (AvgIpc) is 3.26. The Morgan fingerprint density at radius 3 is 2.02 bits per heavy atom. The molecule has 3 amide bonds. The molecule has 9 atom stereocenters. The van der Waals surface area contributed by atoms with Crippen molar-refractivity contribution in [2.75, 3.05) is 26.3 Å². The van der Waals surface area contributed by atoms with E-state index in [1.165, 1.54) is 11.8 Å². The van der Waals surface area contributed by atoms with E-state index in [0.29, 0.717) is 5.06 Å². The summed E-state index contributed by atoms with van der Waals surface area (Å²) < 4.78 is 22.1. The van der Waals surface area contributed by atoms with Crippen LogP contribution in [0.3, 0.4) is 0 Å². The smallest absolute Gasteiger partial charge is 0.333 e. The molecule has 240 valence electrons. The molecule has 3 heterocycles. The highest BCUT2D eigenvalue weighted by Crippen LogP contribution is 2.23. The highest BCUT2D eigenvalue weighted by molar-refractivity contribution is 6.01. The molecule has 0 bridgehead atoms. The topological polar surface area (TPSA) is 222 Å². The van der Waals surface area contributed by atoms with Gasteiger partial charge < -0.3 is 54.2 Å². The van der Waals surface area contributed by atoms with Crippen molar-refractivity contribution in [3.63, 3.8) is 0 Å². The number of unbranched alkanes of at least 4 members (excludes halogenated alkanes) is 1. The molecule has 3 aliphatic heterocycles. The van der Waals surface area contributed by atoms with Crippen molar-refractivity contribution in [3.05, 3.63) is 0 Å². The zero-order valence-corrected chi connectivity index (χ0v) is 23.8. The van der Waals surface area contributed by atoms with Gasteiger partial charge in [0.1, 0.15) is 24.4 Å². The van der Waals surface area contributed by atoms with Crippen LogP contribution in [0.2, 0.25) is 0 Å². The van der Waals surface area contributed by atoms with Crippen LogP contribution in [-0.2, 0) is 43.0 Å². The fourth-order valence-electron chi connectivity index (χ4n) is 4.74. The predicted molar refractivity (Wildman–Crippen MR) is 137 cm³/mol. The molecule has 3 rings (SSSR count). The Bertz CT molecular complexity index is 921. The van der Waals surface area contributed by atoms with E-state index in [1.54, 1.807) is 6.92 Å². The number of hydrogen-bond acceptors (Lipinski definition) is 14. The van der Waals surface area contributed by atoms with Crippen LogP contribution in [0.5, 0.6) is 0 Å². The lowest BCUT2D eigenvalue weighted by Gasteiger charge is -2.39. The number of hydroxylamine groups is 2. The molecule has 16 heteroatoms. The molecule has 0 aromatic carbocycles. The lowest BCUT2D eigenvalue weighted by Crippen LogP contribution is -2.57. The molecule has 0 saturated carbocycles. The van der Waals surface area contributed by atoms with Crippen LogP contribution < -0.4 is 0 Å². The van der Waals surface area contributed by atoms with Crippen molar-refractivity contribution < 1.29 is 68.5 Å². The molecule has 3 aliphatic rings. The molecule has 42 heavy (non-hydrogen) atoms. The second kappa shape index (κ2) is 16.0. The van der Waals surface area contributed by atoms with Crippen molar-refractivity contribution in [1.29, 1.82) is 0 Å². The average molecular weight is 607 g/mol. The zero-order valence-electron chi connectivity index (χ0n) is 23.8. The summed E-state index contributed by atoms with van der Waals surface area (Å²) in [7, 11) is 0. The van der Waals surface area contributed by atoms with Gasteiger partial charge in [-0.25, -0.2) is 4.79 Å². The Labute approximate surface area is 243 Å². The number of carbonyl (C=O) groups excluding carboxylic acids is 4. The summed E-state index contributed by atoms with van der Waals surface area (Å²) in [5, 5.41) is 50.6. The highest BCUT2D eigenvalue weighted by atomic mass is 16.7. The van der Waals surface area contributed by atoms with E-state index in [4.69, 9.17) is 23.8 Å². The Morgan fingerprint density at radius 1 is 0.833 bits per heavy atom. The van der Waals surface area contributed by atoms with Crippen LogP contribution in [0.1, 0.15) is 58.8 Å². The van der Waals surface area contributed by atoms with Gasteiger partial charge in [0.2, 0.25) is 5.91 Å². The van der Waals surface area contributed by atoms with Crippen LogP contribution in [0.25, 0.3) is 0 Å². The molecule has 5 N–H and O–H groups in total. The van der Waals surface area contributed by atoms with Gasteiger partial charge in [0.05, 0.1) is 31.5 Å². The second-order valence-electron chi connectivity index (χ2n) is 10.7. The van der Waals surface area contributed by atoms with E-state index in [1.807, 2.05) is 0 Å². The molecule has 16 nitrogen and oxygen atoms in total. The van der Waals surface area contributed by atoms with Crippen molar-refractivity contribution in [3.8, 4) is 0 Å². The van der Waals surface area contributed by atoms with Gasteiger partial charge in [0.15, 0.2) is 12.6 Å². The van der Waals surface area contributed by atoms with Crippen molar-refractivity contribution >= 4 is 23.7 Å². The first-order valence-electron chi connectivity index (χ1n) is 14.2. The van der Waals surface area contributed by atoms with Gasteiger partial charge in [-0.3, -0.25) is 14.4 Å². The summed E-state index contributed by atoms with van der Waals surface area (Å²) in [4.78, 5) is 54.4.